The number of benzene rings is 2. The van der Waals surface area contributed by atoms with Gasteiger partial charge in [0.05, 0.1) is 10.6 Å². The molecule has 0 fully saturated rings. The molecule has 0 atom stereocenters. The number of carbonyl (C=O) groups is 1. The highest BCUT2D eigenvalue weighted by molar-refractivity contribution is 6.34. The van der Waals surface area contributed by atoms with Crippen LogP contribution < -0.4 is 0 Å². The maximum absolute atomic E-state index is 13.6. The molecule has 3 nitrogen and oxygen atoms in total. The zero-order valence-corrected chi connectivity index (χ0v) is 11.5. The first-order valence-corrected chi connectivity index (χ1v) is 6.55. The van der Waals surface area contributed by atoms with Gasteiger partial charge >= 0.3 is 5.97 Å². The van der Waals surface area contributed by atoms with E-state index in [9.17, 15) is 9.18 Å². The van der Waals surface area contributed by atoms with Gasteiger partial charge in [0.15, 0.2) is 5.70 Å². The summed E-state index contributed by atoms with van der Waals surface area (Å²) in [5.41, 5.74) is 0.827. The Balaban J connectivity index is 2.00. The lowest BCUT2D eigenvalue weighted by molar-refractivity contribution is -0.129. The van der Waals surface area contributed by atoms with Crippen LogP contribution in [0, 0.1) is 5.82 Å². The van der Waals surface area contributed by atoms with Crippen molar-refractivity contribution in [2.24, 2.45) is 4.99 Å². The fourth-order valence-corrected chi connectivity index (χ4v) is 2.12. The zero-order chi connectivity index (χ0) is 14.8. The molecule has 0 bridgehead atoms. The largest absolute Gasteiger partial charge is 0.402 e. The van der Waals surface area contributed by atoms with Crippen molar-refractivity contribution in [1.29, 1.82) is 0 Å². The molecule has 5 heteroatoms. The van der Waals surface area contributed by atoms with Crippen LogP contribution in [0.4, 0.5) is 4.39 Å². The summed E-state index contributed by atoms with van der Waals surface area (Å²) in [6.07, 6.45) is 1.35. The van der Waals surface area contributed by atoms with Crippen LogP contribution in [-0.2, 0) is 9.53 Å². The first-order valence-electron chi connectivity index (χ1n) is 6.17. The Morgan fingerprint density at radius 2 is 1.81 bits per heavy atom. The predicted octanol–water partition coefficient (Wildman–Crippen LogP) is 3.82. The molecule has 0 N–H and O–H groups in total. The Morgan fingerprint density at radius 1 is 1.10 bits per heavy atom. The number of rotatable bonds is 2. The van der Waals surface area contributed by atoms with Gasteiger partial charge < -0.3 is 4.74 Å². The van der Waals surface area contributed by atoms with Crippen LogP contribution >= 0.6 is 11.6 Å². The molecule has 104 valence electrons. The van der Waals surface area contributed by atoms with Gasteiger partial charge in [-0.15, -0.1) is 0 Å². The van der Waals surface area contributed by atoms with Crippen LogP contribution in [0.15, 0.2) is 59.2 Å². The van der Waals surface area contributed by atoms with Gasteiger partial charge in [0, 0.05) is 5.56 Å². The Labute approximate surface area is 125 Å². The number of esters is 1. The van der Waals surface area contributed by atoms with Crippen molar-refractivity contribution < 1.29 is 13.9 Å². The van der Waals surface area contributed by atoms with Gasteiger partial charge in [-0.3, -0.25) is 0 Å². The lowest BCUT2D eigenvalue weighted by Gasteiger charge is -2.00. The second kappa shape index (κ2) is 5.50. The highest BCUT2D eigenvalue weighted by Crippen LogP contribution is 2.23. The Kier molecular flexibility index (Phi) is 3.54. The van der Waals surface area contributed by atoms with E-state index in [2.05, 4.69) is 4.99 Å². The lowest BCUT2D eigenvalue weighted by Crippen LogP contribution is -2.05. The van der Waals surface area contributed by atoms with Crippen molar-refractivity contribution in [3.63, 3.8) is 0 Å². The molecule has 0 aliphatic carbocycles. The third-order valence-electron chi connectivity index (χ3n) is 2.92. The number of hydrogen-bond donors (Lipinski definition) is 0. The molecule has 0 saturated carbocycles. The number of cyclic esters (lactones) is 1. The maximum atomic E-state index is 13.6. The first kappa shape index (κ1) is 13.5. The molecular weight excluding hydrogens is 293 g/mol. The summed E-state index contributed by atoms with van der Waals surface area (Å²) >= 11 is 6.03. The number of carbonyl (C=O) groups excluding carboxylic acids is 1. The molecule has 1 aliphatic heterocycles. The van der Waals surface area contributed by atoms with Crippen LogP contribution in [0.3, 0.4) is 0 Å². The second-order valence-corrected chi connectivity index (χ2v) is 4.74. The van der Waals surface area contributed by atoms with Crippen molar-refractivity contribution >= 4 is 29.5 Å². The minimum Gasteiger partial charge on any atom is -0.402 e. The van der Waals surface area contributed by atoms with Gasteiger partial charge in [-0.05, 0) is 24.3 Å². The first-order chi connectivity index (χ1) is 10.1. The highest BCUT2D eigenvalue weighted by atomic mass is 35.5. The van der Waals surface area contributed by atoms with E-state index in [0.29, 0.717) is 10.6 Å². The van der Waals surface area contributed by atoms with Crippen molar-refractivity contribution in [3.05, 3.63) is 76.2 Å². The molecule has 0 radical (unpaired) electrons. The fourth-order valence-electron chi connectivity index (χ4n) is 1.90. The van der Waals surface area contributed by atoms with Crippen molar-refractivity contribution in [2.75, 3.05) is 0 Å². The van der Waals surface area contributed by atoms with E-state index in [-0.39, 0.29) is 17.2 Å². The maximum Gasteiger partial charge on any atom is 0.363 e. The van der Waals surface area contributed by atoms with Crippen molar-refractivity contribution in [3.8, 4) is 0 Å². The average Bonchev–Trinajstić information content (AvgIpc) is 2.83. The standard InChI is InChI=1S/C16H9ClFNO2/c17-12-7-3-2-6-11(12)15-19-14(16(20)21-15)9-10-5-1-4-8-13(10)18/h1-9H/b14-9+. The number of halogens is 2. The van der Waals surface area contributed by atoms with Gasteiger partial charge in [0.25, 0.3) is 0 Å². The normalized spacial score (nSPS) is 16.0. The minimum atomic E-state index is -0.631. The number of ether oxygens (including phenoxy) is 1. The van der Waals surface area contributed by atoms with Gasteiger partial charge in [-0.1, -0.05) is 41.9 Å². The molecule has 3 rings (SSSR count). The van der Waals surface area contributed by atoms with Gasteiger partial charge in [0.1, 0.15) is 5.82 Å². The quantitative estimate of drug-likeness (QED) is 0.625. The van der Waals surface area contributed by atoms with E-state index in [1.165, 1.54) is 12.1 Å². The highest BCUT2D eigenvalue weighted by Gasteiger charge is 2.25. The van der Waals surface area contributed by atoms with E-state index in [1.807, 2.05) is 0 Å². The zero-order valence-electron chi connectivity index (χ0n) is 10.7. The molecule has 1 aliphatic rings. The minimum absolute atomic E-state index is 0.0371. The molecule has 0 saturated heterocycles. The van der Waals surface area contributed by atoms with Crippen LogP contribution in [0.1, 0.15) is 11.1 Å². The van der Waals surface area contributed by atoms with Crippen molar-refractivity contribution in [2.45, 2.75) is 0 Å². The van der Waals surface area contributed by atoms with E-state index >= 15 is 0 Å². The Morgan fingerprint density at radius 3 is 2.57 bits per heavy atom. The molecule has 2 aromatic carbocycles. The molecule has 0 amide bonds. The summed E-state index contributed by atoms with van der Waals surface area (Å²) in [6.45, 7) is 0. The van der Waals surface area contributed by atoms with Crippen LogP contribution in [0.25, 0.3) is 6.08 Å². The molecule has 0 unspecified atom stereocenters. The lowest BCUT2D eigenvalue weighted by atomic mass is 10.2. The smallest absolute Gasteiger partial charge is 0.363 e. The number of aliphatic imine (C=N–C) groups is 1. The van der Waals surface area contributed by atoms with E-state index in [0.717, 1.165) is 0 Å². The third-order valence-corrected chi connectivity index (χ3v) is 3.25. The summed E-state index contributed by atoms with van der Waals surface area (Å²) in [7, 11) is 0. The number of nitrogens with zero attached hydrogens (tertiary/aromatic N) is 1. The molecule has 1 heterocycles. The monoisotopic (exact) mass is 301 g/mol. The van der Waals surface area contributed by atoms with Crippen LogP contribution in [-0.4, -0.2) is 11.9 Å². The van der Waals surface area contributed by atoms with E-state index in [4.69, 9.17) is 16.3 Å². The molecule has 2 aromatic rings. The van der Waals surface area contributed by atoms with Gasteiger partial charge in [-0.2, -0.15) is 0 Å². The predicted molar refractivity (Wildman–Crippen MR) is 78.5 cm³/mol. The number of hydrogen-bond acceptors (Lipinski definition) is 3. The SMILES string of the molecule is O=C1OC(c2ccccc2Cl)=N/C1=C/c1ccccc1F. The summed E-state index contributed by atoms with van der Waals surface area (Å²) in [6, 6.07) is 13.0. The topological polar surface area (TPSA) is 38.7 Å². The molecule has 0 spiro atoms. The van der Waals surface area contributed by atoms with Gasteiger partial charge in [0.2, 0.25) is 5.90 Å². The molecule has 0 aromatic heterocycles. The van der Waals surface area contributed by atoms with Crippen LogP contribution in [0.2, 0.25) is 5.02 Å². The Hall–Kier alpha value is -2.46. The van der Waals surface area contributed by atoms with Crippen molar-refractivity contribution in [1.82, 2.24) is 0 Å². The molecule has 21 heavy (non-hydrogen) atoms. The van der Waals surface area contributed by atoms with Crippen LogP contribution in [0.5, 0.6) is 0 Å². The second-order valence-electron chi connectivity index (χ2n) is 4.34. The van der Waals surface area contributed by atoms with E-state index < -0.39 is 11.8 Å². The fraction of sp³-hybridized carbons (Fsp3) is 0. The summed E-state index contributed by atoms with van der Waals surface area (Å²) in [5, 5.41) is 0.427. The van der Waals surface area contributed by atoms with Gasteiger partial charge in [-0.25, -0.2) is 14.2 Å². The summed E-state index contributed by atoms with van der Waals surface area (Å²) in [5.74, 6) is -0.944. The Bertz CT molecular complexity index is 783. The summed E-state index contributed by atoms with van der Waals surface area (Å²) < 4.78 is 18.7. The van der Waals surface area contributed by atoms with E-state index in [1.54, 1.807) is 42.5 Å². The average molecular weight is 302 g/mol. The third kappa shape index (κ3) is 2.71. The molecular formula is C16H9ClFNO2. The summed E-state index contributed by atoms with van der Waals surface area (Å²) in [4.78, 5) is 15.9.